The van der Waals surface area contributed by atoms with Crippen molar-refractivity contribution in [2.24, 2.45) is 5.41 Å². The lowest BCUT2D eigenvalue weighted by atomic mass is 9.70. The maximum Gasteiger partial charge on any atom is 0.192 e. The highest BCUT2D eigenvalue weighted by Crippen LogP contribution is 2.61. The summed E-state index contributed by atoms with van der Waals surface area (Å²) < 4.78 is 28.6. The average molecular weight is 550 g/mol. The molecule has 1 aromatic carbocycles. The lowest BCUT2D eigenvalue weighted by Crippen LogP contribution is -2.44. The van der Waals surface area contributed by atoms with Crippen LogP contribution in [0.1, 0.15) is 144 Å². The molecule has 1 aromatic heterocycles. The minimum Gasteiger partial charge on any atom is -0.410 e. The second-order valence-electron chi connectivity index (χ2n) is 15.3. The summed E-state index contributed by atoms with van der Waals surface area (Å²) in [6, 6.07) is 7.04. The summed E-state index contributed by atoms with van der Waals surface area (Å²) in [6.07, 6.45) is 11.3. The van der Waals surface area contributed by atoms with E-state index in [1.54, 1.807) is 12.1 Å². The predicted octanol–water partition coefficient (Wildman–Crippen LogP) is 9.80. The number of halogens is 1. The van der Waals surface area contributed by atoms with Crippen LogP contribution in [0.25, 0.3) is 0 Å². The van der Waals surface area contributed by atoms with Crippen molar-refractivity contribution < 1.29 is 13.6 Å². The molecule has 2 fully saturated rings. The summed E-state index contributed by atoms with van der Waals surface area (Å²) in [7, 11) is -2.04. The minimum absolute atomic E-state index is 0.0385. The number of ether oxygens (including phenoxy) is 1. The summed E-state index contributed by atoms with van der Waals surface area (Å²) in [6.45, 7) is 16.6. The fourth-order valence-electron chi connectivity index (χ4n) is 7.72. The highest BCUT2D eigenvalue weighted by atomic mass is 28.4. The van der Waals surface area contributed by atoms with Crippen molar-refractivity contribution >= 4 is 8.32 Å². The van der Waals surface area contributed by atoms with Crippen molar-refractivity contribution in [3.63, 3.8) is 0 Å². The number of hydrogen-bond acceptors (Lipinski definition) is 3. The molecule has 6 rings (SSSR count). The summed E-state index contributed by atoms with van der Waals surface area (Å²) in [5.41, 5.74) is 7.56. The number of fused-ring (bicyclic) bond motifs is 4. The highest BCUT2D eigenvalue weighted by molar-refractivity contribution is 6.74. The largest absolute Gasteiger partial charge is 0.410 e. The zero-order valence-electron chi connectivity index (χ0n) is 25.3. The average Bonchev–Trinajstić information content (AvgIpc) is 3.59. The maximum atomic E-state index is 14.0. The molecular formula is C34H48FNO2Si. The van der Waals surface area contributed by atoms with E-state index in [9.17, 15) is 4.39 Å². The van der Waals surface area contributed by atoms with Crippen LogP contribution in [0, 0.1) is 11.2 Å². The molecule has 3 nitrogen and oxygen atoms in total. The Hall–Kier alpha value is -1.56. The molecule has 0 saturated heterocycles. The molecule has 0 N–H and O–H groups in total. The Bertz CT molecular complexity index is 1230. The van der Waals surface area contributed by atoms with Crippen LogP contribution in [0.3, 0.4) is 0 Å². The molecule has 2 aromatic rings. The standard InChI is InChI=1S/C34H48FNO2Si/c1-32(2,3)39(6,7)38-26-21-33(4,5)20-25-27(26)29-28(30(36-25)22-12-8-9-13-22)31(23-14-16-24(35)17-15-23)37-34(29)18-10-11-19-34/h14-17,22,26,31H,8-13,18-21H2,1-7H3/t26-,31+/m0/s1. The van der Waals surface area contributed by atoms with Gasteiger partial charge in [-0.25, -0.2) is 4.39 Å². The van der Waals surface area contributed by atoms with Gasteiger partial charge in [0.05, 0.1) is 17.4 Å². The van der Waals surface area contributed by atoms with Gasteiger partial charge >= 0.3 is 0 Å². The van der Waals surface area contributed by atoms with E-state index in [0.29, 0.717) is 5.92 Å². The van der Waals surface area contributed by atoms with Gasteiger partial charge in [-0.3, -0.25) is 4.98 Å². The third kappa shape index (κ3) is 4.74. The van der Waals surface area contributed by atoms with E-state index in [1.807, 2.05) is 12.1 Å². The lowest BCUT2D eigenvalue weighted by molar-refractivity contribution is -0.0579. The van der Waals surface area contributed by atoms with E-state index < -0.39 is 8.32 Å². The third-order valence-electron chi connectivity index (χ3n) is 10.7. The third-order valence-corrected chi connectivity index (χ3v) is 15.2. The molecule has 1 aliphatic heterocycles. The molecule has 2 saturated carbocycles. The van der Waals surface area contributed by atoms with Gasteiger partial charge in [-0.1, -0.05) is 72.4 Å². The first-order valence-corrected chi connectivity index (χ1v) is 18.4. The molecule has 0 unspecified atom stereocenters. The summed E-state index contributed by atoms with van der Waals surface area (Å²) in [5.74, 6) is 0.286. The molecule has 5 heteroatoms. The summed E-state index contributed by atoms with van der Waals surface area (Å²) in [5, 5.41) is 0.132. The van der Waals surface area contributed by atoms with Crippen molar-refractivity contribution in [1.82, 2.24) is 4.98 Å². The Morgan fingerprint density at radius 3 is 2.23 bits per heavy atom. The first-order valence-electron chi connectivity index (χ1n) is 15.5. The van der Waals surface area contributed by atoms with Gasteiger partial charge in [-0.15, -0.1) is 0 Å². The number of aromatic nitrogens is 1. The van der Waals surface area contributed by atoms with E-state index >= 15 is 0 Å². The topological polar surface area (TPSA) is 31.4 Å². The molecule has 39 heavy (non-hydrogen) atoms. The fraction of sp³-hybridized carbons (Fsp3) is 0.676. The van der Waals surface area contributed by atoms with Crippen molar-refractivity contribution in [2.75, 3.05) is 0 Å². The van der Waals surface area contributed by atoms with Crippen molar-refractivity contribution in [3.8, 4) is 0 Å². The Labute approximate surface area is 236 Å². The van der Waals surface area contributed by atoms with Gasteiger partial charge in [0.25, 0.3) is 0 Å². The zero-order valence-corrected chi connectivity index (χ0v) is 26.3. The van der Waals surface area contributed by atoms with Crippen LogP contribution in [-0.4, -0.2) is 13.3 Å². The van der Waals surface area contributed by atoms with Crippen molar-refractivity contribution in [1.29, 1.82) is 0 Å². The number of nitrogens with zero attached hydrogens (tertiary/aromatic N) is 1. The smallest absolute Gasteiger partial charge is 0.192 e. The lowest BCUT2D eigenvalue weighted by Gasteiger charge is -2.45. The molecule has 0 bridgehead atoms. The second kappa shape index (κ2) is 9.49. The van der Waals surface area contributed by atoms with Crippen LogP contribution in [0.5, 0.6) is 0 Å². The van der Waals surface area contributed by atoms with Crippen LogP contribution in [0.2, 0.25) is 18.1 Å². The maximum absolute atomic E-state index is 14.0. The first-order chi connectivity index (χ1) is 18.3. The molecule has 2 heterocycles. The van der Waals surface area contributed by atoms with Gasteiger partial charge < -0.3 is 9.16 Å². The van der Waals surface area contributed by atoms with E-state index in [2.05, 4.69) is 47.7 Å². The number of pyridine rings is 1. The molecule has 3 aliphatic carbocycles. The Balaban J connectivity index is 1.61. The van der Waals surface area contributed by atoms with Gasteiger partial charge in [-0.05, 0) is 85.3 Å². The van der Waals surface area contributed by atoms with Crippen LogP contribution in [-0.2, 0) is 21.2 Å². The Morgan fingerprint density at radius 1 is 0.974 bits per heavy atom. The number of rotatable bonds is 4. The number of benzene rings is 1. The molecular weight excluding hydrogens is 501 g/mol. The van der Waals surface area contributed by atoms with Gasteiger partial charge in [-0.2, -0.15) is 0 Å². The van der Waals surface area contributed by atoms with Crippen molar-refractivity contribution in [2.45, 2.75) is 141 Å². The van der Waals surface area contributed by atoms with Gasteiger partial charge in [0, 0.05) is 22.7 Å². The minimum atomic E-state index is -2.04. The molecule has 0 radical (unpaired) electrons. The molecule has 4 aliphatic rings. The molecule has 2 atom stereocenters. The monoisotopic (exact) mass is 549 g/mol. The summed E-state index contributed by atoms with van der Waals surface area (Å²) in [4.78, 5) is 5.63. The molecule has 0 amide bonds. The molecule has 212 valence electrons. The van der Waals surface area contributed by atoms with Crippen LogP contribution in [0.4, 0.5) is 4.39 Å². The Kier molecular flexibility index (Phi) is 6.72. The second-order valence-corrected chi connectivity index (χ2v) is 20.0. The Morgan fingerprint density at radius 2 is 1.62 bits per heavy atom. The molecule has 1 spiro atoms. The SMILES string of the molecule is CC1(C)Cc2nc(C3CCCC3)c3c(c2[C@@H](O[Si](C)(C)C(C)(C)C)C1)C1(CCCC1)O[C@@H]3c1ccc(F)cc1. The van der Waals surface area contributed by atoms with E-state index in [-0.39, 0.29) is 34.1 Å². The normalized spacial score (nSPS) is 26.3. The predicted molar refractivity (Wildman–Crippen MR) is 158 cm³/mol. The van der Waals surface area contributed by atoms with Crippen LogP contribution >= 0.6 is 0 Å². The van der Waals surface area contributed by atoms with Crippen LogP contribution < -0.4 is 0 Å². The van der Waals surface area contributed by atoms with Crippen LogP contribution in [0.15, 0.2) is 24.3 Å². The zero-order chi connectivity index (χ0) is 27.8. The summed E-state index contributed by atoms with van der Waals surface area (Å²) >= 11 is 0. The van der Waals surface area contributed by atoms with Gasteiger partial charge in [0.15, 0.2) is 8.32 Å². The quantitative estimate of drug-likeness (QED) is 0.356. The first kappa shape index (κ1) is 27.6. The van der Waals surface area contributed by atoms with E-state index in [0.717, 1.165) is 31.2 Å². The van der Waals surface area contributed by atoms with E-state index in [4.69, 9.17) is 14.1 Å². The van der Waals surface area contributed by atoms with Gasteiger partial charge in [0.2, 0.25) is 0 Å². The fourth-order valence-corrected chi connectivity index (χ4v) is 8.99. The highest BCUT2D eigenvalue weighted by Gasteiger charge is 2.54. The van der Waals surface area contributed by atoms with Crippen molar-refractivity contribution in [3.05, 3.63) is 63.7 Å². The number of hydrogen-bond donors (Lipinski definition) is 0. The van der Waals surface area contributed by atoms with E-state index in [1.165, 1.54) is 66.6 Å². The van der Waals surface area contributed by atoms with Gasteiger partial charge in [0.1, 0.15) is 11.9 Å².